The fraction of sp³-hybridized carbons (Fsp3) is 0.400. The van der Waals surface area contributed by atoms with Crippen LogP contribution in [-0.2, 0) is 4.74 Å². The van der Waals surface area contributed by atoms with Crippen LogP contribution in [0.3, 0.4) is 0 Å². The predicted octanol–water partition coefficient (Wildman–Crippen LogP) is -0.177. The highest BCUT2D eigenvalue weighted by molar-refractivity contribution is 5.86. The van der Waals surface area contributed by atoms with Gasteiger partial charge in [-0.05, 0) is 13.0 Å². The second kappa shape index (κ2) is 5.35. The topological polar surface area (TPSA) is 129 Å². The number of fused-ring (bicyclic) bond motifs is 1. The van der Waals surface area contributed by atoms with E-state index in [1.165, 1.54) is 19.6 Å². The van der Waals surface area contributed by atoms with Gasteiger partial charge in [-0.15, -0.1) is 0 Å². The summed E-state index contributed by atoms with van der Waals surface area (Å²) in [6.07, 6.45) is 3.45. The van der Waals surface area contributed by atoms with Crippen LogP contribution in [0, 0.1) is 0 Å². The zero-order chi connectivity index (χ0) is 16.9. The SMILES string of the molecule is C[C@@]1(O)C(O)C(CO)OC1n1cnc2c(-c3cc[nH]c3)ncnc21. The number of ether oxygens (including phenoxy) is 1. The molecule has 0 saturated carbocycles. The molecular formula is C15H17N5O4. The largest absolute Gasteiger partial charge is 0.394 e. The zero-order valence-corrected chi connectivity index (χ0v) is 12.9. The van der Waals surface area contributed by atoms with Crippen molar-refractivity contribution in [1.29, 1.82) is 0 Å². The highest BCUT2D eigenvalue weighted by atomic mass is 16.6. The number of H-pyrrole nitrogens is 1. The van der Waals surface area contributed by atoms with E-state index in [9.17, 15) is 15.3 Å². The van der Waals surface area contributed by atoms with E-state index in [2.05, 4.69) is 19.9 Å². The third kappa shape index (κ3) is 2.06. The molecule has 4 atom stereocenters. The fourth-order valence-electron chi connectivity index (χ4n) is 3.10. The minimum Gasteiger partial charge on any atom is -0.394 e. The molecule has 3 aromatic heterocycles. The molecule has 0 amide bonds. The van der Waals surface area contributed by atoms with Gasteiger partial charge in [-0.3, -0.25) is 4.57 Å². The Bertz CT molecular complexity index is 860. The first kappa shape index (κ1) is 15.2. The Morgan fingerprint density at radius 3 is 2.88 bits per heavy atom. The average molecular weight is 331 g/mol. The number of imidazole rings is 1. The van der Waals surface area contributed by atoms with E-state index < -0.39 is 30.6 Å². The van der Waals surface area contributed by atoms with Crippen molar-refractivity contribution in [3.63, 3.8) is 0 Å². The molecule has 0 spiro atoms. The number of hydrogen-bond acceptors (Lipinski definition) is 7. The standard InChI is InChI=1S/C15H17N5O4/c1-15(23)12(22)9(5-21)24-14(15)20-7-19-11-10(8-2-3-16-4-8)17-6-18-13(11)20/h2-4,6-7,9,12,14,16,21-23H,5H2,1H3/t9?,12?,14?,15-/m1/s1. The van der Waals surface area contributed by atoms with Gasteiger partial charge in [0.1, 0.15) is 35.3 Å². The number of aliphatic hydroxyl groups is 3. The van der Waals surface area contributed by atoms with Crippen LogP contribution in [0.25, 0.3) is 22.4 Å². The lowest BCUT2D eigenvalue weighted by molar-refractivity contribution is -0.0950. The molecule has 4 N–H and O–H groups in total. The van der Waals surface area contributed by atoms with Crippen LogP contribution < -0.4 is 0 Å². The van der Waals surface area contributed by atoms with Crippen LogP contribution in [0.4, 0.5) is 0 Å². The van der Waals surface area contributed by atoms with Gasteiger partial charge in [0.2, 0.25) is 0 Å². The van der Waals surface area contributed by atoms with Crippen molar-refractivity contribution < 1.29 is 20.1 Å². The number of aromatic amines is 1. The first-order chi connectivity index (χ1) is 11.5. The summed E-state index contributed by atoms with van der Waals surface area (Å²) in [5.41, 5.74) is 0.938. The highest BCUT2D eigenvalue weighted by Gasteiger charge is 2.53. The summed E-state index contributed by atoms with van der Waals surface area (Å²) in [5.74, 6) is 0. The van der Waals surface area contributed by atoms with Crippen LogP contribution in [0.1, 0.15) is 13.2 Å². The quantitative estimate of drug-likeness (QED) is 0.524. The molecule has 4 heterocycles. The van der Waals surface area contributed by atoms with Crippen molar-refractivity contribution in [2.45, 2.75) is 31.0 Å². The molecule has 3 aromatic rings. The van der Waals surface area contributed by atoms with Gasteiger partial charge < -0.3 is 25.0 Å². The van der Waals surface area contributed by atoms with Gasteiger partial charge in [0.25, 0.3) is 0 Å². The number of rotatable bonds is 3. The lowest BCUT2D eigenvalue weighted by Crippen LogP contribution is -2.44. The summed E-state index contributed by atoms with van der Waals surface area (Å²) >= 11 is 0. The molecule has 9 nitrogen and oxygen atoms in total. The lowest BCUT2D eigenvalue weighted by Gasteiger charge is -2.27. The second-order valence-corrected chi connectivity index (χ2v) is 6.03. The van der Waals surface area contributed by atoms with Crippen molar-refractivity contribution in [3.8, 4) is 11.3 Å². The normalized spacial score (nSPS) is 30.2. The molecule has 0 aromatic carbocycles. The average Bonchev–Trinajstić information content (AvgIpc) is 3.28. The molecule has 0 radical (unpaired) electrons. The van der Waals surface area contributed by atoms with Gasteiger partial charge in [-0.2, -0.15) is 0 Å². The van der Waals surface area contributed by atoms with Crippen molar-refractivity contribution in [2.24, 2.45) is 0 Å². The van der Waals surface area contributed by atoms with Gasteiger partial charge >= 0.3 is 0 Å². The third-order valence-electron chi connectivity index (χ3n) is 4.42. The summed E-state index contributed by atoms with van der Waals surface area (Å²) in [6, 6.07) is 1.87. The predicted molar refractivity (Wildman–Crippen MR) is 82.7 cm³/mol. The molecule has 1 aliphatic rings. The molecular weight excluding hydrogens is 314 g/mol. The molecule has 1 saturated heterocycles. The van der Waals surface area contributed by atoms with E-state index in [0.29, 0.717) is 16.9 Å². The number of aliphatic hydroxyl groups excluding tert-OH is 2. The van der Waals surface area contributed by atoms with Gasteiger partial charge in [0.05, 0.1) is 12.9 Å². The van der Waals surface area contributed by atoms with Crippen LogP contribution in [0.5, 0.6) is 0 Å². The molecule has 0 bridgehead atoms. The van der Waals surface area contributed by atoms with E-state index in [1.807, 2.05) is 6.07 Å². The fourth-order valence-corrected chi connectivity index (χ4v) is 3.10. The minimum absolute atomic E-state index is 0.399. The molecule has 3 unspecified atom stereocenters. The van der Waals surface area contributed by atoms with Gasteiger partial charge in [0, 0.05) is 18.0 Å². The maximum absolute atomic E-state index is 10.6. The summed E-state index contributed by atoms with van der Waals surface area (Å²) in [6.45, 7) is 1.06. The molecule has 1 fully saturated rings. The second-order valence-electron chi connectivity index (χ2n) is 6.03. The van der Waals surface area contributed by atoms with Gasteiger partial charge in [-0.25, -0.2) is 15.0 Å². The zero-order valence-electron chi connectivity index (χ0n) is 12.9. The van der Waals surface area contributed by atoms with Gasteiger partial charge in [0.15, 0.2) is 11.9 Å². The van der Waals surface area contributed by atoms with Crippen LogP contribution in [0.15, 0.2) is 31.1 Å². The molecule has 4 rings (SSSR count). The van der Waals surface area contributed by atoms with Crippen molar-refractivity contribution >= 4 is 11.2 Å². The Labute approximate surface area is 136 Å². The van der Waals surface area contributed by atoms with E-state index in [0.717, 1.165) is 5.56 Å². The van der Waals surface area contributed by atoms with E-state index >= 15 is 0 Å². The van der Waals surface area contributed by atoms with E-state index in [-0.39, 0.29) is 0 Å². The lowest BCUT2D eigenvalue weighted by atomic mass is 9.96. The Morgan fingerprint density at radius 2 is 2.21 bits per heavy atom. The summed E-state index contributed by atoms with van der Waals surface area (Å²) in [7, 11) is 0. The molecule has 0 aliphatic carbocycles. The summed E-state index contributed by atoms with van der Waals surface area (Å²) in [5, 5.41) is 30.1. The number of nitrogens with one attached hydrogen (secondary N) is 1. The first-order valence-electron chi connectivity index (χ1n) is 7.51. The Morgan fingerprint density at radius 1 is 1.38 bits per heavy atom. The number of nitrogens with zero attached hydrogens (tertiary/aromatic N) is 4. The maximum atomic E-state index is 10.6. The Hall–Kier alpha value is -2.33. The molecule has 1 aliphatic heterocycles. The Balaban J connectivity index is 1.83. The molecule has 24 heavy (non-hydrogen) atoms. The van der Waals surface area contributed by atoms with Crippen LogP contribution in [-0.4, -0.2) is 64.2 Å². The smallest absolute Gasteiger partial charge is 0.168 e. The van der Waals surface area contributed by atoms with E-state index in [1.54, 1.807) is 17.0 Å². The van der Waals surface area contributed by atoms with Crippen molar-refractivity contribution in [3.05, 3.63) is 31.1 Å². The summed E-state index contributed by atoms with van der Waals surface area (Å²) < 4.78 is 7.18. The number of hydrogen-bond donors (Lipinski definition) is 4. The van der Waals surface area contributed by atoms with Gasteiger partial charge in [-0.1, -0.05) is 0 Å². The first-order valence-corrected chi connectivity index (χ1v) is 7.51. The van der Waals surface area contributed by atoms with E-state index in [4.69, 9.17) is 4.74 Å². The van der Waals surface area contributed by atoms with Crippen molar-refractivity contribution in [1.82, 2.24) is 24.5 Å². The monoisotopic (exact) mass is 331 g/mol. The van der Waals surface area contributed by atoms with Crippen LogP contribution >= 0.6 is 0 Å². The highest BCUT2D eigenvalue weighted by Crippen LogP contribution is 2.39. The molecule has 9 heteroatoms. The van der Waals surface area contributed by atoms with Crippen LogP contribution in [0.2, 0.25) is 0 Å². The molecule has 126 valence electrons. The minimum atomic E-state index is -1.60. The van der Waals surface area contributed by atoms with Crippen molar-refractivity contribution in [2.75, 3.05) is 6.61 Å². The third-order valence-corrected chi connectivity index (χ3v) is 4.42. The number of aromatic nitrogens is 5. The maximum Gasteiger partial charge on any atom is 0.168 e. The summed E-state index contributed by atoms with van der Waals surface area (Å²) in [4.78, 5) is 15.8. The Kier molecular flexibility index (Phi) is 3.39.